The van der Waals surface area contributed by atoms with Crippen molar-refractivity contribution in [1.82, 2.24) is 0 Å². The molecule has 0 aromatic carbocycles. The minimum Gasteiger partial charge on any atom is -0.393 e. The lowest BCUT2D eigenvalue weighted by atomic mass is 9.70. The van der Waals surface area contributed by atoms with Crippen LogP contribution in [0.25, 0.3) is 0 Å². The van der Waals surface area contributed by atoms with Crippen LogP contribution in [0.4, 0.5) is 96.6 Å². The first-order chi connectivity index (χ1) is 17.5. The Kier molecular flexibility index (Phi) is 6.92. The van der Waals surface area contributed by atoms with Crippen LogP contribution in [0.1, 0.15) is 12.8 Å². The van der Waals surface area contributed by atoms with Crippen molar-refractivity contribution in [3.05, 3.63) is 0 Å². The Morgan fingerprint density at radius 3 is 0.634 bits per heavy atom. The van der Waals surface area contributed by atoms with E-state index in [0.717, 1.165) is 0 Å². The zero-order valence-electron chi connectivity index (χ0n) is 18.0. The molecule has 0 unspecified atom stereocenters. The van der Waals surface area contributed by atoms with Gasteiger partial charge in [-0.15, -0.1) is 0 Å². The fourth-order valence-electron chi connectivity index (χ4n) is 3.61. The molecule has 0 aromatic heterocycles. The molecule has 2 saturated carbocycles. The number of carbonyl (C=O) groups excluding carboxylic acids is 2. The molecule has 0 aromatic rings. The summed E-state index contributed by atoms with van der Waals surface area (Å²) in [7, 11) is 0. The van der Waals surface area contributed by atoms with E-state index in [4.69, 9.17) is 0 Å². The van der Waals surface area contributed by atoms with Crippen LogP contribution < -0.4 is 0 Å². The van der Waals surface area contributed by atoms with Crippen molar-refractivity contribution in [2.24, 2.45) is 0 Å². The summed E-state index contributed by atoms with van der Waals surface area (Å²) >= 11 is 0. The Labute approximate surface area is 207 Å². The van der Waals surface area contributed by atoms with E-state index >= 15 is 0 Å². The van der Waals surface area contributed by atoms with Gasteiger partial charge in [0.1, 0.15) is 0 Å². The third kappa shape index (κ3) is 3.33. The number of hydrogen-bond acceptors (Lipinski definition) is 3. The first-order valence-electron chi connectivity index (χ1n) is 9.39. The molecule has 3 nitrogen and oxygen atoms in total. The summed E-state index contributed by atoms with van der Waals surface area (Å²) in [5.41, 5.74) is -14.6. The van der Waals surface area contributed by atoms with Crippen molar-refractivity contribution >= 4 is 11.9 Å². The maximum absolute atomic E-state index is 14.4. The molecule has 0 heterocycles. The van der Waals surface area contributed by atoms with Crippen LogP contribution in [0.3, 0.4) is 0 Å². The van der Waals surface area contributed by atoms with E-state index in [1.54, 1.807) is 0 Å². The second-order valence-corrected chi connectivity index (χ2v) is 8.55. The summed E-state index contributed by atoms with van der Waals surface area (Å²) in [6.07, 6.45) is -8.31. The summed E-state index contributed by atoms with van der Waals surface area (Å²) in [6.45, 7) is 0. The van der Waals surface area contributed by atoms with Gasteiger partial charge in [-0.25, -0.2) is 8.78 Å². The van der Waals surface area contributed by atoms with Gasteiger partial charge in [-0.1, -0.05) is 0 Å². The molecule has 0 spiro atoms. The van der Waals surface area contributed by atoms with E-state index in [-0.39, 0.29) is 0 Å². The maximum atomic E-state index is 14.4. The van der Waals surface area contributed by atoms with E-state index in [1.165, 1.54) is 0 Å². The van der Waals surface area contributed by atoms with Gasteiger partial charge in [0, 0.05) is 0 Å². The minimum absolute atomic E-state index is 2.69. The van der Waals surface area contributed by atoms with E-state index in [0.29, 0.717) is 0 Å². The first kappa shape index (κ1) is 34.8. The number of carbonyl (C=O) groups is 2. The van der Waals surface area contributed by atoms with Crippen molar-refractivity contribution in [3.63, 3.8) is 0 Å². The van der Waals surface area contributed by atoms with Crippen LogP contribution in [0.5, 0.6) is 0 Å². The molecule has 0 atom stereocenters. The van der Waals surface area contributed by atoms with E-state index in [2.05, 4.69) is 4.74 Å². The molecule has 240 valence electrons. The van der Waals surface area contributed by atoms with Gasteiger partial charge in [0.05, 0.1) is 12.8 Å². The van der Waals surface area contributed by atoms with Crippen LogP contribution in [0.15, 0.2) is 0 Å². The molecular weight excluding hydrogens is 658 g/mol. The van der Waals surface area contributed by atoms with E-state index in [1.807, 2.05) is 0 Å². The Bertz CT molecular complexity index is 976. The van der Waals surface area contributed by atoms with Gasteiger partial charge in [0.25, 0.3) is 11.3 Å². The van der Waals surface area contributed by atoms with Gasteiger partial charge in [0.15, 0.2) is 0 Å². The number of alkyl halides is 22. The first-order valence-corrected chi connectivity index (χ1v) is 9.39. The number of rotatable bonds is 4. The summed E-state index contributed by atoms with van der Waals surface area (Å²) in [6, 6.07) is 0. The van der Waals surface area contributed by atoms with Gasteiger partial charge < -0.3 is 4.74 Å². The van der Waals surface area contributed by atoms with Gasteiger partial charge in [0.2, 0.25) is 0 Å². The van der Waals surface area contributed by atoms with Crippen molar-refractivity contribution < 1.29 is 111 Å². The van der Waals surface area contributed by atoms with Gasteiger partial charge >= 0.3 is 71.2 Å². The quantitative estimate of drug-likeness (QED) is 0.193. The predicted octanol–water partition coefficient (Wildman–Crippen LogP) is 6.63. The third-order valence-electron chi connectivity index (χ3n) is 6.15. The molecular formula is C16H4F22O3. The van der Waals surface area contributed by atoms with Crippen LogP contribution in [0, 0.1) is 0 Å². The van der Waals surface area contributed by atoms with Crippen LogP contribution >= 0.6 is 0 Å². The molecule has 25 heteroatoms. The minimum atomic E-state index is -7.85. The summed E-state index contributed by atoms with van der Waals surface area (Å²) in [5, 5.41) is 0. The van der Waals surface area contributed by atoms with Crippen LogP contribution in [-0.4, -0.2) is 82.5 Å². The smallest absolute Gasteiger partial charge is 0.384 e. The molecule has 0 aliphatic heterocycles. The molecule has 2 aliphatic rings. The molecule has 2 rings (SSSR count). The fraction of sp³-hybridized carbons (Fsp3) is 0.875. The summed E-state index contributed by atoms with van der Waals surface area (Å²) < 4.78 is 301. The fourth-order valence-corrected chi connectivity index (χ4v) is 3.61. The molecule has 0 radical (unpaired) electrons. The van der Waals surface area contributed by atoms with Crippen molar-refractivity contribution in [2.75, 3.05) is 0 Å². The number of halogens is 22. The summed E-state index contributed by atoms with van der Waals surface area (Å²) in [5.74, 6) is -85.8. The van der Waals surface area contributed by atoms with Crippen molar-refractivity contribution in [3.8, 4) is 0 Å². The average Bonchev–Trinajstić information content (AvgIpc) is 2.75. The highest BCUT2D eigenvalue weighted by Crippen LogP contribution is 2.71. The molecule has 0 bridgehead atoms. The number of esters is 2. The molecule has 2 aliphatic carbocycles. The molecule has 0 N–H and O–H groups in total. The molecule has 0 amide bonds. The highest BCUT2D eigenvalue weighted by Gasteiger charge is 3.02. The Hall–Kier alpha value is -2.40. The SMILES string of the molecule is O=C(CC1(F)C(F)(F)C(F)(F)C(F)(F)C(F)(F)C1(F)F)OC(=O)CC1(F)C(F)(F)C(F)(F)C(F)(F)C(F)(F)C1(F)F. The normalized spacial score (nSPS) is 31.5. The second kappa shape index (κ2) is 8.15. The monoisotopic (exact) mass is 662 g/mol. The average molecular weight is 662 g/mol. The topological polar surface area (TPSA) is 43.4 Å². The second-order valence-electron chi connectivity index (χ2n) is 8.55. The molecule has 41 heavy (non-hydrogen) atoms. The summed E-state index contributed by atoms with van der Waals surface area (Å²) in [4.78, 5) is 22.7. The van der Waals surface area contributed by atoms with Crippen molar-refractivity contribution in [2.45, 2.75) is 83.4 Å². The number of ether oxygens (including phenoxy) is 1. The van der Waals surface area contributed by atoms with Gasteiger partial charge in [-0.2, -0.15) is 87.8 Å². The predicted molar refractivity (Wildman–Crippen MR) is 77.5 cm³/mol. The van der Waals surface area contributed by atoms with Crippen LogP contribution in [-0.2, 0) is 14.3 Å². The highest BCUT2D eigenvalue weighted by atomic mass is 19.4. The Morgan fingerprint density at radius 2 is 0.463 bits per heavy atom. The van der Waals surface area contributed by atoms with E-state index in [9.17, 15) is 106 Å². The Morgan fingerprint density at radius 1 is 0.317 bits per heavy atom. The van der Waals surface area contributed by atoms with Gasteiger partial charge in [-0.3, -0.25) is 9.59 Å². The van der Waals surface area contributed by atoms with Crippen LogP contribution in [0.2, 0.25) is 0 Å². The zero-order valence-corrected chi connectivity index (χ0v) is 18.0. The molecule has 2 fully saturated rings. The zero-order chi connectivity index (χ0) is 33.3. The standard InChI is InChI=1S/C16H4F22O3/c17-5(7(19,20)11(27,28)15(35,36)12(29,30)8(5,21)22)1-3(39)41-4(40)2-6(18)9(23,24)13(31,32)16(37,38)14(33,34)10(6,25)26/h1-2H2. The third-order valence-corrected chi connectivity index (χ3v) is 6.15. The highest BCUT2D eigenvalue weighted by molar-refractivity contribution is 5.87. The number of hydrogen-bond donors (Lipinski definition) is 0. The lowest BCUT2D eigenvalue weighted by Gasteiger charge is -2.52. The lowest BCUT2D eigenvalue weighted by molar-refractivity contribution is -0.485. The lowest BCUT2D eigenvalue weighted by Crippen LogP contribution is -2.84. The van der Waals surface area contributed by atoms with Crippen molar-refractivity contribution in [1.29, 1.82) is 0 Å². The Balaban J connectivity index is 2.51. The largest absolute Gasteiger partial charge is 0.393 e. The molecule has 0 saturated heterocycles. The maximum Gasteiger partial charge on any atom is 0.384 e. The van der Waals surface area contributed by atoms with E-state index < -0.39 is 95.3 Å². The van der Waals surface area contributed by atoms with Gasteiger partial charge in [-0.05, 0) is 0 Å².